The summed E-state index contributed by atoms with van der Waals surface area (Å²) in [5.74, 6) is -0.885. The second-order valence-corrected chi connectivity index (χ2v) is 10.9. The number of thiocarbonyl (C=S) groups is 1. The smallest absolute Gasteiger partial charge is 0.254 e. The Bertz CT molecular complexity index is 1370. The fraction of sp³-hybridized carbons (Fsp3) is 0.280. The van der Waals surface area contributed by atoms with Gasteiger partial charge in [-0.1, -0.05) is 30.0 Å². The molecule has 0 unspecified atom stereocenters. The highest BCUT2D eigenvalue weighted by molar-refractivity contribution is 8.25. The molecule has 10 heteroatoms. The molecule has 5 heterocycles. The Labute approximate surface area is 210 Å². The molecule has 0 bridgehead atoms. The molecular weight excluding hydrogens is 487 g/mol. The van der Waals surface area contributed by atoms with Crippen molar-refractivity contribution in [1.82, 2.24) is 14.8 Å². The van der Waals surface area contributed by atoms with E-state index in [9.17, 15) is 14.0 Å². The van der Waals surface area contributed by atoms with E-state index in [-0.39, 0.29) is 18.4 Å². The number of likely N-dealkylation sites (tertiary alicyclic amines) is 1. The van der Waals surface area contributed by atoms with Gasteiger partial charge >= 0.3 is 0 Å². The molecule has 35 heavy (non-hydrogen) atoms. The van der Waals surface area contributed by atoms with Crippen LogP contribution in [0.5, 0.6) is 0 Å². The lowest BCUT2D eigenvalue weighted by atomic mass is 9.72. The molecular formula is C25H21FN4O3S2. The number of amides is 2. The van der Waals surface area contributed by atoms with Gasteiger partial charge in [0, 0.05) is 43.2 Å². The Morgan fingerprint density at radius 2 is 2.03 bits per heavy atom. The first-order valence-corrected chi connectivity index (χ1v) is 12.3. The van der Waals surface area contributed by atoms with Gasteiger partial charge in [-0.3, -0.25) is 24.4 Å². The Hall–Kier alpha value is -3.08. The lowest BCUT2D eigenvalue weighted by Gasteiger charge is -2.42. The van der Waals surface area contributed by atoms with Crippen molar-refractivity contribution in [2.24, 2.45) is 0 Å². The van der Waals surface area contributed by atoms with Crippen LogP contribution in [0.2, 0.25) is 0 Å². The molecule has 2 fully saturated rings. The highest BCUT2D eigenvalue weighted by atomic mass is 32.2. The number of carbonyl (C=O) groups is 2. The first-order chi connectivity index (χ1) is 16.8. The third-order valence-corrected chi connectivity index (χ3v) is 9.34. The second-order valence-electron chi connectivity index (χ2n) is 9.03. The van der Waals surface area contributed by atoms with Crippen molar-refractivity contribution >= 4 is 45.8 Å². The molecule has 178 valence electrons. The number of hydrogen-bond donors (Lipinski definition) is 0. The zero-order chi connectivity index (χ0) is 24.5. The number of aromatic nitrogens is 1. The third kappa shape index (κ3) is 2.75. The maximum Gasteiger partial charge on any atom is 0.254 e. The summed E-state index contributed by atoms with van der Waals surface area (Å²) in [5.41, 5.74) is 0.421. The van der Waals surface area contributed by atoms with Crippen LogP contribution in [-0.4, -0.2) is 56.3 Å². The van der Waals surface area contributed by atoms with Gasteiger partial charge in [0.1, 0.15) is 20.6 Å². The molecule has 3 aromatic rings. The van der Waals surface area contributed by atoms with E-state index in [1.165, 1.54) is 33.7 Å². The van der Waals surface area contributed by atoms with Crippen LogP contribution >= 0.6 is 24.0 Å². The van der Waals surface area contributed by atoms with Gasteiger partial charge in [0.25, 0.3) is 5.91 Å². The Morgan fingerprint density at radius 1 is 1.20 bits per heavy atom. The number of furan rings is 1. The van der Waals surface area contributed by atoms with Gasteiger partial charge in [-0.05, 0) is 49.0 Å². The molecule has 0 saturated carbocycles. The molecule has 2 spiro atoms. The maximum absolute atomic E-state index is 14.7. The normalized spacial score (nSPS) is 28.2. The van der Waals surface area contributed by atoms with Crippen molar-refractivity contribution in [3.63, 3.8) is 0 Å². The molecule has 0 radical (unpaired) electrons. The van der Waals surface area contributed by atoms with Gasteiger partial charge < -0.3 is 9.32 Å². The Morgan fingerprint density at radius 3 is 2.74 bits per heavy atom. The number of fused-ring (bicyclic) bond motifs is 3. The van der Waals surface area contributed by atoms with E-state index < -0.39 is 22.0 Å². The predicted molar refractivity (Wildman–Crippen MR) is 133 cm³/mol. The third-order valence-electron chi connectivity index (χ3n) is 7.39. The minimum atomic E-state index is -1.45. The number of likely N-dealkylation sites (N-methyl/N-ethyl adjacent to an activating group) is 2. The number of nitrogens with zero attached hydrogens (tertiary/aromatic N) is 4. The standard InChI is InChI=1S/C25H21FN4O3S2/c1-28-14-19(15-5-3-9-27-12-15)25(22(32)30(23(34)35-25)13-17-6-4-10-33-17)24(28)18-11-16(26)7-8-20(18)29(2)21(24)31/h3-12,19H,13-14H2,1-2H3/t19-,24-,25-/m0/s1. The summed E-state index contributed by atoms with van der Waals surface area (Å²) in [6.07, 6.45) is 4.93. The topological polar surface area (TPSA) is 69.9 Å². The summed E-state index contributed by atoms with van der Waals surface area (Å²) in [7, 11) is 3.48. The first-order valence-electron chi connectivity index (χ1n) is 11.1. The number of rotatable bonds is 3. The first kappa shape index (κ1) is 22.4. The van der Waals surface area contributed by atoms with Gasteiger partial charge in [-0.25, -0.2) is 4.39 Å². The van der Waals surface area contributed by atoms with Crippen LogP contribution in [0.25, 0.3) is 0 Å². The molecule has 7 nitrogen and oxygen atoms in total. The summed E-state index contributed by atoms with van der Waals surface area (Å²) >= 11 is 6.96. The van der Waals surface area contributed by atoms with E-state index >= 15 is 0 Å². The number of halogens is 1. The summed E-state index contributed by atoms with van der Waals surface area (Å²) in [6, 6.07) is 11.6. The summed E-state index contributed by atoms with van der Waals surface area (Å²) in [6.45, 7) is 0.538. The van der Waals surface area contributed by atoms with Crippen molar-refractivity contribution in [2.75, 3.05) is 25.5 Å². The van der Waals surface area contributed by atoms with Gasteiger partial charge in [0.05, 0.1) is 12.8 Å². The molecule has 0 N–H and O–H groups in total. The fourth-order valence-corrected chi connectivity index (χ4v) is 8.07. The molecule has 6 rings (SSSR count). The number of anilines is 1. The predicted octanol–water partition coefficient (Wildman–Crippen LogP) is 3.51. The summed E-state index contributed by atoms with van der Waals surface area (Å²) < 4.78 is 19.2. The van der Waals surface area contributed by atoms with Crippen LogP contribution < -0.4 is 4.90 Å². The monoisotopic (exact) mass is 508 g/mol. The second kappa shape index (κ2) is 7.71. The molecule has 3 aliphatic heterocycles. The van der Waals surface area contributed by atoms with Gasteiger partial charge in [-0.2, -0.15) is 0 Å². The Kier molecular flexibility index (Phi) is 4.93. The zero-order valence-electron chi connectivity index (χ0n) is 19.0. The van der Waals surface area contributed by atoms with E-state index in [0.29, 0.717) is 27.9 Å². The molecule has 0 aliphatic carbocycles. The van der Waals surface area contributed by atoms with Crippen molar-refractivity contribution in [1.29, 1.82) is 0 Å². The molecule has 1 aromatic carbocycles. The minimum Gasteiger partial charge on any atom is -0.467 e. The van der Waals surface area contributed by atoms with Gasteiger partial charge in [0.2, 0.25) is 5.91 Å². The number of pyridine rings is 1. The van der Waals surface area contributed by atoms with Crippen LogP contribution in [0.15, 0.2) is 65.5 Å². The number of benzene rings is 1. The highest BCUT2D eigenvalue weighted by Crippen LogP contribution is 2.66. The van der Waals surface area contributed by atoms with E-state index in [4.69, 9.17) is 16.6 Å². The van der Waals surface area contributed by atoms with Gasteiger partial charge in [-0.15, -0.1) is 0 Å². The number of hydrogen-bond acceptors (Lipinski definition) is 7. The quantitative estimate of drug-likeness (QED) is 0.502. The molecule has 2 amide bonds. The van der Waals surface area contributed by atoms with E-state index in [0.717, 1.165) is 5.56 Å². The van der Waals surface area contributed by atoms with Crippen LogP contribution in [-0.2, 0) is 21.7 Å². The highest BCUT2D eigenvalue weighted by Gasteiger charge is 2.78. The molecule has 2 aromatic heterocycles. The van der Waals surface area contributed by atoms with E-state index in [1.54, 1.807) is 43.9 Å². The van der Waals surface area contributed by atoms with E-state index in [2.05, 4.69) is 4.98 Å². The minimum absolute atomic E-state index is 0.152. The van der Waals surface area contributed by atoms with Crippen molar-refractivity contribution < 1.29 is 18.4 Å². The molecule has 2 saturated heterocycles. The van der Waals surface area contributed by atoms with Crippen LogP contribution in [0, 0.1) is 5.82 Å². The lowest BCUT2D eigenvalue weighted by Crippen LogP contribution is -2.62. The summed E-state index contributed by atoms with van der Waals surface area (Å²) in [4.78, 5) is 38.0. The molecule has 3 aliphatic rings. The summed E-state index contributed by atoms with van der Waals surface area (Å²) in [5, 5.41) is 0. The zero-order valence-corrected chi connectivity index (χ0v) is 20.6. The number of thioether (sulfide) groups is 1. The average Bonchev–Trinajstić information content (AvgIpc) is 3.57. The maximum atomic E-state index is 14.7. The van der Waals surface area contributed by atoms with E-state index in [1.807, 2.05) is 24.1 Å². The van der Waals surface area contributed by atoms with Crippen LogP contribution in [0.3, 0.4) is 0 Å². The Balaban J connectivity index is 1.62. The largest absolute Gasteiger partial charge is 0.467 e. The van der Waals surface area contributed by atoms with Crippen LogP contribution in [0.4, 0.5) is 10.1 Å². The van der Waals surface area contributed by atoms with Crippen molar-refractivity contribution in [3.05, 3.63) is 83.8 Å². The van der Waals surface area contributed by atoms with Crippen molar-refractivity contribution in [3.8, 4) is 0 Å². The van der Waals surface area contributed by atoms with Crippen molar-refractivity contribution in [2.45, 2.75) is 22.7 Å². The lowest BCUT2D eigenvalue weighted by molar-refractivity contribution is -0.139. The average molecular weight is 509 g/mol. The SMILES string of the molecule is CN1C(=O)[C@]2(c3cc(F)ccc31)N(C)C[C@@H](c1cccnc1)[C@@]21SC(=S)N(Cc2ccco2)C1=O. The fourth-order valence-electron chi connectivity index (χ4n) is 5.95. The van der Waals surface area contributed by atoms with Gasteiger partial charge in [0.15, 0.2) is 5.54 Å². The van der Waals surface area contributed by atoms with Crippen LogP contribution in [0.1, 0.15) is 22.8 Å². The number of carbonyl (C=O) groups excluding carboxylic acids is 2. The molecule has 3 atom stereocenters.